The topological polar surface area (TPSA) is 74.8 Å². The number of carbonyl (C=O) groups is 1. The molecule has 22 heavy (non-hydrogen) atoms. The molecular formula is C15H25IN4O2. The molecular weight excluding hydrogens is 395 g/mol. The molecule has 0 unspecified atom stereocenters. The summed E-state index contributed by atoms with van der Waals surface area (Å²) in [7, 11) is 3.31. The number of nitrogens with one attached hydrogen (secondary N) is 3. The van der Waals surface area contributed by atoms with E-state index in [4.69, 9.17) is 4.74 Å². The Labute approximate surface area is 149 Å². The van der Waals surface area contributed by atoms with Crippen LogP contribution in [0.3, 0.4) is 0 Å². The largest absolute Gasteiger partial charge is 0.497 e. The minimum atomic E-state index is -0.0406. The van der Waals surface area contributed by atoms with Crippen molar-refractivity contribution in [2.24, 2.45) is 4.99 Å². The number of hydrogen-bond acceptors (Lipinski definition) is 3. The summed E-state index contributed by atoms with van der Waals surface area (Å²) in [6.07, 6.45) is 0.925. The molecule has 0 atom stereocenters. The first-order valence-corrected chi connectivity index (χ1v) is 7.03. The van der Waals surface area contributed by atoms with Gasteiger partial charge < -0.3 is 20.7 Å². The molecule has 0 aromatic heterocycles. The summed E-state index contributed by atoms with van der Waals surface area (Å²) in [6.45, 7) is 3.52. The van der Waals surface area contributed by atoms with E-state index in [2.05, 4.69) is 20.9 Å². The smallest absolute Gasteiger partial charge is 0.239 e. The highest BCUT2D eigenvalue weighted by Crippen LogP contribution is 2.11. The maximum absolute atomic E-state index is 11.5. The van der Waals surface area contributed by atoms with Crippen LogP contribution in [0.15, 0.2) is 29.3 Å². The minimum absolute atomic E-state index is 0. The average Bonchev–Trinajstić information content (AvgIpc) is 2.53. The number of rotatable bonds is 7. The van der Waals surface area contributed by atoms with Gasteiger partial charge in [-0.05, 0) is 24.1 Å². The van der Waals surface area contributed by atoms with Crippen LogP contribution in [0.4, 0.5) is 0 Å². The molecule has 0 saturated heterocycles. The molecule has 1 rings (SSSR count). The van der Waals surface area contributed by atoms with Crippen LogP contribution in [-0.4, -0.2) is 39.1 Å². The van der Waals surface area contributed by atoms with Crippen molar-refractivity contribution in [3.05, 3.63) is 29.8 Å². The molecule has 1 aromatic rings. The Kier molecular flexibility index (Phi) is 11.2. The van der Waals surface area contributed by atoms with Crippen molar-refractivity contribution in [1.29, 1.82) is 0 Å². The van der Waals surface area contributed by atoms with Crippen molar-refractivity contribution in [3.8, 4) is 5.75 Å². The van der Waals surface area contributed by atoms with Crippen LogP contribution in [0, 0.1) is 0 Å². The number of hydrogen-bond donors (Lipinski definition) is 3. The average molecular weight is 420 g/mol. The van der Waals surface area contributed by atoms with Gasteiger partial charge in [0.15, 0.2) is 5.96 Å². The maximum atomic E-state index is 11.5. The molecule has 6 nitrogen and oxygen atoms in total. The molecule has 7 heteroatoms. The Morgan fingerprint density at radius 1 is 1.27 bits per heavy atom. The van der Waals surface area contributed by atoms with Crippen molar-refractivity contribution >= 4 is 35.8 Å². The molecule has 124 valence electrons. The predicted molar refractivity (Wildman–Crippen MR) is 99.9 cm³/mol. The van der Waals surface area contributed by atoms with Crippen LogP contribution in [0.25, 0.3) is 0 Å². The van der Waals surface area contributed by atoms with E-state index >= 15 is 0 Å². The van der Waals surface area contributed by atoms with E-state index in [1.165, 1.54) is 0 Å². The number of aliphatic imine (C=N–C) groups is 1. The van der Waals surface area contributed by atoms with Gasteiger partial charge in [0.25, 0.3) is 0 Å². The number of carbonyl (C=O) groups excluding carboxylic acids is 1. The van der Waals surface area contributed by atoms with Gasteiger partial charge in [-0.1, -0.05) is 19.1 Å². The van der Waals surface area contributed by atoms with Gasteiger partial charge in [-0.3, -0.25) is 9.79 Å². The molecule has 0 spiro atoms. The van der Waals surface area contributed by atoms with Gasteiger partial charge in [0, 0.05) is 20.1 Å². The van der Waals surface area contributed by atoms with Crippen LogP contribution in [-0.2, 0) is 11.3 Å². The predicted octanol–water partition coefficient (Wildman–Crippen LogP) is 1.50. The zero-order chi connectivity index (χ0) is 15.5. The molecule has 0 saturated carbocycles. The summed E-state index contributed by atoms with van der Waals surface area (Å²) in [4.78, 5) is 15.6. The second-order valence-corrected chi connectivity index (χ2v) is 4.48. The molecule has 0 heterocycles. The Morgan fingerprint density at radius 2 is 2.05 bits per heavy atom. The molecule has 0 aliphatic rings. The zero-order valence-electron chi connectivity index (χ0n) is 13.3. The maximum Gasteiger partial charge on any atom is 0.239 e. The third kappa shape index (κ3) is 8.06. The van der Waals surface area contributed by atoms with E-state index in [9.17, 15) is 4.79 Å². The number of halogens is 1. The Bertz CT molecular complexity index is 480. The molecule has 0 bridgehead atoms. The highest BCUT2D eigenvalue weighted by atomic mass is 127. The summed E-state index contributed by atoms with van der Waals surface area (Å²) >= 11 is 0. The number of nitrogens with zero attached hydrogens (tertiary/aromatic N) is 1. The van der Waals surface area contributed by atoms with Gasteiger partial charge in [-0.2, -0.15) is 0 Å². The number of guanidine groups is 1. The van der Waals surface area contributed by atoms with Crippen molar-refractivity contribution in [1.82, 2.24) is 16.0 Å². The molecule has 0 fully saturated rings. The van der Waals surface area contributed by atoms with Crippen LogP contribution in [0.1, 0.15) is 18.9 Å². The number of benzene rings is 1. The quantitative estimate of drug-likeness (QED) is 0.355. The third-order valence-electron chi connectivity index (χ3n) is 2.81. The van der Waals surface area contributed by atoms with E-state index in [0.29, 0.717) is 19.0 Å². The monoisotopic (exact) mass is 420 g/mol. The number of methoxy groups -OCH3 is 1. The molecule has 3 N–H and O–H groups in total. The van der Waals surface area contributed by atoms with Gasteiger partial charge in [0.1, 0.15) is 5.75 Å². The molecule has 0 aliphatic heterocycles. The molecule has 0 radical (unpaired) electrons. The van der Waals surface area contributed by atoms with E-state index in [0.717, 1.165) is 17.7 Å². The molecule has 0 aliphatic carbocycles. The van der Waals surface area contributed by atoms with Crippen LogP contribution in [0.5, 0.6) is 5.75 Å². The van der Waals surface area contributed by atoms with Gasteiger partial charge in [0.2, 0.25) is 5.91 Å². The Hall–Kier alpha value is -1.51. The summed E-state index contributed by atoms with van der Waals surface area (Å²) in [5.74, 6) is 1.36. The second-order valence-electron chi connectivity index (χ2n) is 4.48. The first-order chi connectivity index (χ1) is 10.2. The fourth-order valence-corrected chi connectivity index (χ4v) is 1.68. The van der Waals surface area contributed by atoms with Gasteiger partial charge in [-0.25, -0.2) is 0 Å². The standard InChI is InChI=1S/C15H24N4O2.HI/c1-4-8-17-14(20)11-19-15(16-2)18-10-12-6-5-7-13(9-12)21-3;/h5-7,9H,4,8,10-11H2,1-3H3,(H,17,20)(H2,16,18,19);1H. The fraction of sp³-hybridized carbons (Fsp3) is 0.467. The lowest BCUT2D eigenvalue weighted by molar-refractivity contribution is -0.120. The van der Waals surface area contributed by atoms with Crippen molar-refractivity contribution in [2.75, 3.05) is 27.2 Å². The lowest BCUT2D eigenvalue weighted by Gasteiger charge is -2.12. The van der Waals surface area contributed by atoms with Crippen molar-refractivity contribution in [3.63, 3.8) is 0 Å². The van der Waals surface area contributed by atoms with Crippen LogP contribution >= 0.6 is 24.0 Å². The fourth-order valence-electron chi connectivity index (χ4n) is 1.68. The zero-order valence-corrected chi connectivity index (χ0v) is 15.6. The number of ether oxygens (including phenoxy) is 1. The minimum Gasteiger partial charge on any atom is -0.497 e. The SMILES string of the molecule is CCCNC(=O)CNC(=NC)NCc1cccc(OC)c1.I. The van der Waals surface area contributed by atoms with Gasteiger partial charge >= 0.3 is 0 Å². The first kappa shape index (κ1) is 20.5. The second kappa shape index (κ2) is 12.1. The van der Waals surface area contributed by atoms with E-state index < -0.39 is 0 Å². The van der Waals surface area contributed by atoms with E-state index in [1.807, 2.05) is 31.2 Å². The Balaban J connectivity index is 0.00000441. The van der Waals surface area contributed by atoms with Crippen molar-refractivity contribution in [2.45, 2.75) is 19.9 Å². The highest BCUT2D eigenvalue weighted by Gasteiger charge is 2.03. The third-order valence-corrected chi connectivity index (χ3v) is 2.81. The highest BCUT2D eigenvalue weighted by molar-refractivity contribution is 14.0. The summed E-state index contributed by atoms with van der Waals surface area (Å²) < 4.78 is 5.18. The number of amides is 1. The van der Waals surface area contributed by atoms with Gasteiger partial charge in [-0.15, -0.1) is 24.0 Å². The summed E-state index contributed by atoms with van der Waals surface area (Å²) in [5, 5.41) is 8.92. The summed E-state index contributed by atoms with van der Waals surface area (Å²) in [6, 6.07) is 7.78. The Morgan fingerprint density at radius 3 is 2.68 bits per heavy atom. The van der Waals surface area contributed by atoms with Gasteiger partial charge in [0.05, 0.1) is 13.7 Å². The first-order valence-electron chi connectivity index (χ1n) is 7.03. The lowest BCUT2D eigenvalue weighted by Crippen LogP contribution is -2.43. The van der Waals surface area contributed by atoms with E-state index in [1.54, 1.807) is 14.2 Å². The van der Waals surface area contributed by atoms with Crippen LogP contribution < -0.4 is 20.7 Å². The van der Waals surface area contributed by atoms with E-state index in [-0.39, 0.29) is 36.4 Å². The van der Waals surface area contributed by atoms with Crippen molar-refractivity contribution < 1.29 is 9.53 Å². The lowest BCUT2D eigenvalue weighted by atomic mass is 10.2. The molecule has 1 aromatic carbocycles. The molecule has 1 amide bonds. The normalized spacial score (nSPS) is 10.4. The van der Waals surface area contributed by atoms with Crippen LogP contribution in [0.2, 0.25) is 0 Å². The summed E-state index contributed by atoms with van der Waals surface area (Å²) in [5.41, 5.74) is 1.08.